The Bertz CT molecular complexity index is 962. The lowest BCUT2D eigenvalue weighted by Gasteiger charge is -2.24. The number of imidazole rings is 1. The average molecular weight is 456 g/mol. The van der Waals surface area contributed by atoms with Gasteiger partial charge in [-0.25, -0.2) is 4.98 Å². The first-order valence-corrected chi connectivity index (χ1v) is 11.8. The third-order valence-electron chi connectivity index (χ3n) is 5.03. The number of hydrogen-bond donors (Lipinski definition) is 0. The molecule has 0 saturated heterocycles. The molecule has 3 aromatic rings. The predicted molar refractivity (Wildman–Crippen MR) is 127 cm³/mol. The third kappa shape index (κ3) is 5.99. The maximum absolute atomic E-state index is 6.38. The van der Waals surface area contributed by atoms with Crippen LogP contribution in [0.15, 0.2) is 79.7 Å². The van der Waals surface area contributed by atoms with Crippen LogP contribution in [0.25, 0.3) is 0 Å². The first-order valence-electron chi connectivity index (χ1n) is 10.4. The van der Waals surface area contributed by atoms with Gasteiger partial charge in [-0.05, 0) is 60.6 Å². The van der Waals surface area contributed by atoms with Crippen LogP contribution in [-0.2, 0) is 17.7 Å². The van der Waals surface area contributed by atoms with E-state index in [0.717, 1.165) is 41.6 Å². The fourth-order valence-corrected chi connectivity index (χ4v) is 4.37. The zero-order valence-corrected chi connectivity index (χ0v) is 19.0. The summed E-state index contributed by atoms with van der Waals surface area (Å²) in [5.41, 5.74) is 2.32. The molecule has 0 radical (unpaired) electrons. The summed E-state index contributed by atoms with van der Waals surface area (Å²) in [5, 5.41) is 0.757. The van der Waals surface area contributed by atoms with Gasteiger partial charge in [0.15, 0.2) is 0 Å². The largest absolute Gasteiger partial charge is 0.489 e. The summed E-state index contributed by atoms with van der Waals surface area (Å²) in [5.74, 6) is 1.85. The van der Waals surface area contributed by atoms with Gasteiger partial charge in [0, 0.05) is 29.3 Å². The van der Waals surface area contributed by atoms with E-state index in [0.29, 0.717) is 0 Å². The van der Waals surface area contributed by atoms with Crippen molar-refractivity contribution in [3.05, 3.63) is 90.3 Å². The predicted octanol–water partition coefficient (Wildman–Crippen LogP) is 5.96. The molecular weight excluding hydrogens is 430 g/mol. The van der Waals surface area contributed by atoms with E-state index in [4.69, 9.17) is 21.1 Å². The SMILES string of the molecule is CCSC1OC=CN1c1ccc(OC(CCc2ccc(Cl)cc2)Cn2ccnc2)cc1. The van der Waals surface area contributed by atoms with Crippen LogP contribution in [-0.4, -0.2) is 27.0 Å². The summed E-state index contributed by atoms with van der Waals surface area (Å²) < 4.78 is 14.1. The highest BCUT2D eigenvalue weighted by Crippen LogP contribution is 2.30. The number of ether oxygens (including phenoxy) is 2. The Morgan fingerprint density at radius 1 is 1.16 bits per heavy atom. The molecule has 1 aliphatic rings. The second-order valence-electron chi connectivity index (χ2n) is 7.25. The van der Waals surface area contributed by atoms with Gasteiger partial charge in [-0.2, -0.15) is 0 Å². The molecule has 7 heteroatoms. The standard InChI is InChI=1S/C24H26ClN3O2S/c1-2-31-24-28(15-16-29-24)21-8-11-22(12-9-21)30-23(17-27-14-13-26-18-27)10-5-19-3-6-20(25)7-4-19/h3-4,6-9,11-16,18,23-24H,2,5,10,17H2,1H3. The van der Waals surface area contributed by atoms with Crippen LogP contribution in [0.1, 0.15) is 18.9 Å². The van der Waals surface area contributed by atoms with Crippen LogP contribution in [0.4, 0.5) is 5.69 Å². The molecule has 0 N–H and O–H groups in total. The van der Waals surface area contributed by atoms with Crippen molar-refractivity contribution in [2.45, 2.75) is 38.0 Å². The van der Waals surface area contributed by atoms with Gasteiger partial charge in [0.1, 0.15) is 18.1 Å². The zero-order valence-electron chi connectivity index (χ0n) is 17.4. The van der Waals surface area contributed by atoms with Crippen molar-refractivity contribution in [2.24, 2.45) is 0 Å². The smallest absolute Gasteiger partial charge is 0.224 e. The number of aryl methyl sites for hydroxylation is 1. The van der Waals surface area contributed by atoms with Crippen molar-refractivity contribution in [1.82, 2.24) is 9.55 Å². The van der Waals surface area contributed by atoms with Crippen LogP contribution >= 0.6 is 23.4 Å². The lowest BCUT2D eigenvalue weighted by atomic mass is 10.1. The number of benzene rings is 2. The number of hydrogen-bond acceptors (Lipinski definition) is 5. The van der Waals surface area contributed by atoms with Gasteiger partial charge in [-0.1, -0.05) is 42.4 Å². The van der Waals surface area contributed by atoms with Crippen LogP contribution in [0.3, 0.4) is 0 Å². The topological polar surface area (TPSA) is 39.5 Å². The molecule has 1 aliphatic heterocycles. The number of anilines is 1. The van der Waals surface area contributed by atoms with Crippen LogP contribution in [0.5, 0.6) is 5.75 Å². The number of aromatic nitrogens is 2. The van der Waals surface area contributed by atoms with Crippen molar-refractivity contribution in [1.29, 1.82) is 0 Å². The molecule has 5 nitrogen and oxygen atoms in total. The van der Waals surface area contributed by atoms with Crippen LogP contribution in [0.2, 0.25) is 5.02 Å². The Kier molecular flexibility index (Phi) is 7.43. The molecule has 0 fully saturated rings. The van der Waals surface area contributed by atoms with Crippen molar-refractivity contribution in [3.8, 4) is 5.75 Å². The van der Waals surface area contributed by atoms with E-state index < -0.39 is 0 Å². The fourth-order valence-electron chi connectivity index (χ4n) is 3.46. The second-order valence-corrected chi connectivity index (χ2v) is 9.00. The first-order chi connectivity index (χ1) is 15.2. The van der Waals surface area contributed by atoms with E-state index in [1.165, 1.54) is 5.56 Å². The van der Waals surface area contributed by atoms with Crippen molar-refractivity contribution >= 4 is 29.1 Å². The molecule has 0 saturated carbocycles. The number of halogens is 1. The molecular formula is C24H26ClN3O2S. The molecule has 0 bridgehead atoms. The Hall–Kier alpha value is -2.57. The molecule has 2 heterocycles. The highest BCUT2D eigenvalue weighted by Gasteiger charge is 2.22. The quantitative estimate of drug-likeness (QED) is 0.377. The van der Waals surface area contributed by atoms with Crippen molar-refractivity contribution < 1.29 is 9.47 Å². The molecule has 0 amide bonds. The first kappa shape index (κ1) is 21.7. The number of thioether (sulfide) groups is 1. The number of rotatable bonds is 10. The van der Waals surface area contributed by atoms with Gasteiger partial charge in [-0.3, -0.25) is 0 Å². The summed E-state index contributed by atoms with van der Waals surface area (Å²) in [6.07, 6.45) is 11.1. The Labute approximate surface area is 192 Å². The van der Waals surface area contributed by atoms with Crippen molar-refractivity contribution in [2.75, 3.05) is 10.7 Å². The van der Waals surface area contributed by atoms with E-state index in [9.17, 15) is 0 Å². The van der Waals surface area contributed by atoms with Gasteiger partial charge in [0.2, 0.25) is 5.56 Å². The summed E-state index contributed by atoms with van der Waals surface area (Å²) >= 11 is 7.77. The maximum Gasteiger partial charge on any atom is 0.224 e. The van der Waals surface area contributed by atoms with E-state index in [2.05, 4.69) is 45.6 Å². The van der Waals surface area contributed by atoms with Crippen molar-refractivity contribution in [3.63, 3.8) is 0 Å². The average Bonchev–Trinajstić information content (AvgIpc) is 3.46. The van der Waals surface area contributed by atoms with E-state index in [-0.39, 0.29) is 11.7 Å². The normalized spacial score (nSPS) is 16.3. The zero-order chi connectivity index (χ0) is 21.5. The monoisotopic (exact) mass is 455 g/mol. The summed E-state index contributed by atoms with van der Waals surface area (Å²) in [7, 11) is 0. The molecule has 1 aromatic heterocycles. The van der Waals surface area contributed by atoms with E-state index in [1.807, 2.05) is 43.0 Å². The molecule has 162 valence electrons. The van der Waals surface area contributed by atoms with E-state index >= 15 is 0 Å². The lowest BCUT2D eigenvalue weighted by molar-refractivity contribution is 0.170. The van der Waals surface area contributed by atoms with Gasteiger partial charge in [0.05, 0.1) is 12.9 Å². The summed E-state index contributed by atoms with van der Waals surface area (Å²) in [4.78, 5) is 6.28. The second kappa shape index (κ2) is 10.6. The fraction of sp³-hybridized carbons (Fsp3) is 0.292. The molecule has 0 aliphatic carbocycles. The molecule has 31 heavy (non-hydrogen) atoms. The van der Waals surface area contributed by atoms with Gasteiger partial charge in [0.25, 0.3) is 0 Å². The minimum absolute atomic E-state index is 0.00914. The highest BCUT2D eigenvalue weighted by atomic mass is 35.5. The van der Waals surface area contributed by atoms with Gasteiger partial charge < -0.3 is 18.9 Å². The lowest BCUT2D eigenvalue weighted by Crippen LogP contribution is -2.25. The highest BCUT2D eigenvalue weighted by molar-refractivity contribution is 7.99. The van der Waals surface area contributed by atoms with Crippen LogP contribution < -0.4 is 9.64 Å². The minimum Gasteiger partial charge on any atom is -0.489 e. The third-order valence-corrected chi connectivity index (χ3v) is 6.24. The van der Waals surface area contributed by atoms with Gasteiger partial charge >= 0.3 is 0 Å². The maximum atomic E-state index is 6.38. The summed E-state index contributed by atoms with van der Waals surface area (Å²) in [6.45, 7) is 2.87. The Morgan fingerprint density at radius 2 is 1.97 bits per heavy atom. The molecule has 2 unspecified atom stereocenters. The molecule has 2 aromatic carbocycles. The molecule has 4 rings (SSSR count). The van der Waals surface area contributed by atoms with Gasteiger partial charge in [-0.15, -0.1) is 0 Å². The Balaban J connectivity index is 1.41. The number of nitrogens with zero attached hydrogens (tertiary/aromatic N) is 3. The molecule has 0 spiro atoms. The molecule has 2 atom stereocenters. The Morgan fingerprint density at radius 3 is 2.68 bits per heavy atom. The summed E-state index contributed by atoms with van der Waals surface area (Å²) in [6, 6.07) is 16.2. The van der Waals surface area contributed by atoms with Crippen LogP contribution in [0, 0.1) is 0 Å². The minimum atomic E-state index is -0.00914. The van der Waals surface area contributed by atoms with E-state index in [1.54, 1.807) is 24.2 Å².